The molecule has 0 heterocycles. The molecule has 0 radical (unpaired) electrons. The number of hydrogen-bond donors (Lipinski definition) is 1. The zero-order valence-corrected chi connectivity index (χ0v) is 16.2. The highest BCUT2D eigenvalue weighted by Crippen LogP contribution is 2.18. The molecule has 2 unspecified atom stereocenters. The van der Waals surface area contributed by atoms with Crippen LogP contribution in [0.1, 0.15) is 96.8 Å². The first-order valence-corrected chi connectivity index (χ1v) is 9.91. The van der Waals surface area contributed by atoms with Crippen molar-refractivity contribution in [1.82, 2.24) is 0 Å². The normalized spacial score (nSPS) is 13.8. The maximum Gasteiger partial charge on any atom is 0.303 e. The highest BCUT2D eigenvalue weighted by atomic mass is 16.5. The number of rotatable bonds is 18. The molecule has 0 spiro atoms. The van der Waals surface area contributed by atoms with Crippen LogP contribution < -0.4 is 0 Å². The van der Waals surface area contributed by atoms with E-state index in [1.807, 2.05) is 7.11 Å². The Balaban J connectivity index is 3.67. The van der Waals surface area contributed by atoms with E-state index < -0.39 is 5.97 Å². The van der Waals surface area contributed by atoms with Gasteiger partial charge in [0.15, 0.2) is 0 Å². The molecule has 0 saturated carbocycles. The average Bonchev–Trinajstić information content (AvgIpc) is 2.57. The Hall–Kier alpha value is -0.610. The van der Waals surface area contributed by atoms with Crippen LogP contribution in [0.15, 0.2) is 0 Å². The lowest BCUT2D eigenvalue weighted by molar-refractivity contribution is -0.137. The van der Waals surface area contributed by atoms with Crippen molar-refractivity contribution in [2.75, 3.05) is 14.2 Å². The molecular weight excluding hydrogens is 304 g/mol. The SMILES string of the molecule is CCCCCCC(CC(CCCCCCCCC(=O)O)OC)OC. The van der Waals surface area contributed by atoms with Crippen LogP contribution in [-0.2, 0) is 14.3 Å². The van der Waals surface area contributed by atoms with Gasteiger partial charge in [0.25, 0.3) is 0 Å². The molecule has 0 aromatic rings. The molecule has 0 aliphatic carbocycles. The first kappa shape index (κ1) is 23.4. The summed E-state index contributed by atoms with van der Waals surface area (Å²) in [4.78, 5) is 10.4. The van der Waals surface area contributed by atoms with Gasteiger partial charge in [-0.05, 0) is 25.7 Å². The number of unbranched alkanes of at least 4 members (excludes halogenated alkanes) is 8. The molecule has 0 aromatic carbocycles. The predicted octanol–water partition coefficient (Wildman–Crippen LogP) is 5.58. The second-order valence-corrected chi connectivity index (χ2v) is 6.85. The van der Waals surface area contributed by atoms with E-state index in [2.05, 4.69) is 6.92 Å². The summed E-state index contributed by atoms with van der Waals surface area (Å²) in [6.07, 6.45) is 15.9. The maximum atomic E-state index is 10.4. The van der Waals surface area contributed by atoms with Gasteiger partial charge in [-0.15, -0.1) is 0 Å². The van der Waals surface area contributed by atoms with E-state index in [1.165, 1.54) is 44.9 Å². The molecular formula is C20H40O4. The molecule has 0 aliphatic heterocycles. The summed E-state index contributed by atoms with van der Waals surface area (Å²) in [6.45, 7) is 2.24. The minimum atomic E-state index is -0.680. The van der Waals surface area contributed by atoms with E-state index >= 15 is 0 Å². The lowest BCUT2D eigenvalue weighted by Gasteiger charge is -2.22. The van der Waals surface area contributed by atoms with E-state index in [9.17, 15) is 4.79 Å². The number of carboxylic acids is 1. The summed E-state index contributed by atoms with van der Waals surface area (Å²) < 4.78 is 11.3. The third-order valence-electron chi connectivity index (χ3n) is 4.74. The topological polar surface area (TPSA) is 55.8 Å². The summed E-state index contributed by atoms with van der Waals surface area (Å²) in [5.41, 5.74) is 0. The standard InChI is InChI=1S/C20H40O4/c1-4-5-6-11-14-18(23-2)17-19(24-3)15-12-9-7-8-10-13-16-20(21)22/h18-19H,4-17H2,1-3H3,(H,21,22). The molecule has 24 heavy (non-hydrogen) atoms. The van der Waals surface area contributed by atoms with Gasteiger partial charge in [0, 0.05) is 20.6 Å². The van der Waals surface area contributed by atoms with Crippen LogP contribution in [0.4, 0.5) is 0 Å². The Kier molecular flexibility index (Phi) is 16.8. The second-order valence-electron chi connectivity index (χ2n) is 6.85. The van der Waals surface area contributed by atoms with Crippen molar-refractivity contribution >= 4 is 5.97 Å². The fourth-order valence-electron chi connectivity index (χ4n) is 3.11. The molecule has 4 nitrogen and oxygen atoms in total. The molecule has 0 saturated heterocycles. The number of hydrogen-bond acceptors (Lipinski definition) is 3. The zero-order chi connectivity index (χ0) is 18.0. The average molecular weight is 345 g/mol. The van der Waals surface area contributed by atoms with Crippen LogP contribution in [0.25, 0.3) is 0 Å². The Morgan fingerprint density at radius 2 is 1.25 bits per heavy atom. The molecule has 0 rings (SSSR count). The molecule has 0 aromatic heterocycles. The van der Waals surface area contributed by atoms with Crippen LogP contribution in [0, 0.1) is 0 Å². The first-order valence-electron chi connectivity index (χ1n) is 9.91. The summed E-state index contributed by atoms with van der Waals surface area (Å²) in [7, 11) is 3.62. The highest BCUT2D eigenvalue weighted by molar-refractivity contribution is 5.66. The zero-order valence-electron chi connectivity index (χ0n) is 16.2. The van der Waals surface area contributed by atoms with Gasteiger partial charge in [0.1, 0.15) is 0 Å². The van der Waals surface area contributed by atoms with Crippen molar-refractivity contribution in [3.05, 3.63) is 0 Å². The number of methoxy groups -OCH3 is 2. The smallest absolute Gasteiger partial charge is 0.303 e. The third kappa shape index (κ3) is 14.9. The van der Waals surface area contributed by atoms with Gasteiger partial charge in [-0.2, -0.15) is 0 Å². The van der Waals surface area contributed by atoms with Crippen molar-refractivity contribution in [2.45, 2.75) is 109 Å². The number of carboxylic acid groups (broad SMARTS) is 1. The molecule has 4 heteroatoms. The first-order chi connectivity index (χ1) is 11.6. The minimum Gasteiger partial charge on any atom is -0.481 e. The molecule has 0 fully saturated rings. The molecule has 0 amide bonds. The summed E-state index contributed by atoms with van der Waals surface area (Å²) >= 11 is 0. The van der Waals surface area contributed by atoms with Gasteiger partial charge >= 0.3 is 5.97 Å². The largest absolute Gasteiger partial charge is 0.481 e. The lowest BCUT2D eigenvalue weighted by atomic mass is 10.00. The number of carbonyl (C=O) groups is 1. The van der Waals surface area contributed by atoms with Gasteiger partial charge < -0.3 is 14.6 Å². The maximum absolute atomic E-state index is 10.4. The quantitative estimate of drug-likeness (QED) is 0.330. The van der Waals surface area contributed by atoms with Gasteiger partial charge in [0.2, 0.25) is 0 Å². The summed E-state index contributed by atoms with van der Waals surface area (Å²) in [6, 6.07) is 0. The van der Waals surface area contributed by atoms with Gasteiger partial charge in [-0.3, -0.25) is 4.79 Å². The molecule has 144 valence electrons. The van der Waals surface area contributed by atoms with E-state index in [0.717, 1.165) is 38.5 Å². The van der Waals surface area contributed by atoms with Crippen LogP contribution >= 0.6 is 0 Å². The Labute approximate surface area is 149 Å². The van der Waals surface area contributed by atoms with E-state index in [-0.39, 0.29) is 0 Å². The number of aliphatic carboxylic acids is 1. The van der Waals surface area contributed by atoms with Crippen molar-refractivity contribution in [1.29, 1.82) is 0 Å². The van der Waals surface area contributed by atoms with Crippen LogP contribution in [-0.4, -0.2) is 37.5 Å². The van der Waals surface area contributed by atoms with Crippen LogP contribution in [0.5, 0.6) is 0 Å². The molecule has 0 bridgehead atoms. The fourth-order valence-corrected chi connectivity index (χ4v) is 3.11. The predicted molar refractivity (Wildman–Crippen MR) is 99.5 cm³/mol. The Morgan fingerprint density at radius 3 is 1.71 bits per heavy atom. The molecule has 2 atom stereocenters. The number of ether oxygens (including phenoxy) is 2. The lowest BCUT2D eigenvalue weighted by Crippen LogP contribution is -2.21. The van der Waals surface area contributed by atoms with Crippen LogP contribution in [0.2, 0.25) is 0 Å². The van der Waals surface area contributed by atoms with E-state index in [4.69, 9.17) is 14.6 Å². The van der Waals surface area contributed by atoms with Crippen LogP contribution in [0.3, 0.4) is 0 Å². The van der Waals surface area contributed by atoms with E-state index in [1.54, 1.807) is 7.11 Å². The molecule has 1 N–H and O–H groups in total. The molecule has 0 aliphatic rings. The fraction of sp³-hybridized carbons (Fsp3) is 0.950. The van der Waals surface area contributed by atoms with Crippen molar-refractivity contribution in [3.63, 3.8) is 0 Å². The van der Waals surface area contributed by atoms with Gasteiger partial charge in [0.05, 0.1) is 12.2 Å². The third-order valence-corrected chi connectivity index (χ3v) is 4.74. The highest BCUT2D eigenvalue weighted by Gasteiger charge is 2.15. The van der Waals surface area contributed by atoms with Crippen molar-refractivity contribution < 1.29 is 19.4 Å². The summed E-state index contributed by atoms with van der Waals surface area (Å²) in [5.74, 6) is -0.680. The minimum absolute atomic E-state index is 0.299. The Bertz CT molecular complexity index is 281. The second kappa shape index (κ2) is 17.2. The monoisotopic (exact) mass is 344 g/mol. The van der Waals surface area contributed by atoms with Crippen molar-refractivity contribution in [2.24, 2.45) is 0 Å². The van der Waals surface area contributed by atoms with Gasteiger partial charge in [-0.1, -0.05) is 64.7 Å². The Morgan fingerprint density at radius 1 is 0.792 bits per heavy atom. The van der Waals surface area contributed by atoms with Crippen molar-refractivity contribution in [3.8, 4) is 0 Å². The summed E-state index contributed by atoms with van der Waals surface area (Å²) in [5, 5.41) is 8.59. The van der Waals surface area contributed by atoms with Gasteiger partial charge in [-0.25, -0.2) is 0 Å². The van der Waals surface area contributed by atoms with E-state index in [0.29, 0.717) is 18.6 Å².